The standard InChI is InChI=1S/C23H24FN3OS/c1-22(15-28)14-20-25-26-21(27(20)11-12-29-22)23(9-10-23)18-8-7-17(13-19(18)24)16-5-3-2-4-6-16/h2-8,13,28H,9-12,14-15H2,1H3. The van der Waals surface area contributed by atoms with Crippen molar-refractivity contribution in [3.63, 3.8) is 0 Å². The van der Waals surface area contributed by atoms with Crippen LogP contribution in [0, 0.1) is 5.82 Å². The van der Waals surface area contributed by atoms with Crippen molar-refractivity contribution in [2.75, 3.05) is 12.4 Å². The van der Waals surface area contributed by atoms with Gasteiger partial charge in [-0.2, -0.15) is 11.8 Å². The molecule has 2 heterocycles. The van der Waals surface area contributed by atoms with Crippen LogP contribution in [0.4, 0.5) is 4.39 Å². The normalized spacial score (nSPS) is 22.7. The van der Waals surface area contributed by atoms with Gasteiger partial charge in [-0.3, -0.25) is 0 Å². The third kappa shape index (κ3) is 3.19. The van der Waals surface area contributed by atoms with Crippen LogP contribution in [0.25, 0.3) is 11.1 Å². The molecule has 1 atom stereocenters. The Balaban J connectivity index is 1.52. The van der Waals surface area contributed by atoms with Crippen LogP contribution < -0.4 is 0 Å². The van der Waals surface area contributed by atoms with E-state index in [-0.39, 0.29) is 22.6 Å². The highest BCUT2D eigenvalue weighted by atomic mass is 32.2. The molecular formula is C23H24FN3OS. The predicted molar refractivity (Wildman–Crippen MR) is 114 cm³/mol. The van der Waals surface area contributed by atoms with Gasteiger partial charge in [-0.05, 0) is 37.0 Å². The molecule has 1 N–H and O–H groups in total. The average Bonchev–Trinajstić information content (AvgIpc) is 3.48. The number of aromatic nitrogens is 3. The zero-order chi connectivity index (χ0) is 20.1. The highest BCUT2D eigenvalue weighted by molar-refractivity contribution is 8.00. The second-order valence-electron chi connectivity index (χ2n) is 8.37. The van der Waals surface area contributed by atoms with Crippen LogP contribution in [0.1, 0.15) is 37.0 Å². The number of fused-ring (bicyclic) bond motifs is 1. The summed E-state index contributed by atoms with van der Waals surface area (Å²) in [5.74, 6) is 2.49. The van der Waals surface area contributed by atoms with E-state index in [0.29, 0.717) is 12.0 Å². The zero-order valence-electron chi connectivity index (χ0n) is 16.4. The summed E-state index contributed by atoms with van der Waals surface area (Å²) >= 11 is 1.77. The Morgan fingerprint density at radius 1 is 1.10 bits per heavy atom. The van der Waals surface area contributed by atoms with Gasteiger partial charge in [0.15, 0.2) is 0 Å². The summed E-state index contributed by atoms with van der Waals surface area (Å²) in [6.45, 7) is 2.97. The van der Waals surface area contributed by atoms with Crippen molar-refractivity contribution in [1.29, 1.82) is 0 Å². The molecule has 1 saturated carbocycles. The number of hydrogen-bond donors (Lipinski definition) is 1. The second kappa shape index (κ2) is 6.96. The Morgan fingerprint density at radius 2 is 1.90 bits per heavy atom. The Hall–Kier alpha value is -2.18. The molecule has 0 bridgehead atoms. The fraction of sp³-hybridized carbons (Fsp3) is 0.391. The van der Waals surface area contributed by atoms with Crippen LogP contribution >= 0.6 is 11.8 Å². The lowest BCUT2D eigenvalue weighted by atomic mass is 9.92. The van der Waals surface area contributed by atoms with Gasteiger partial charge in [-0.1, -0.05) is 42.5 Å². The molecule has 1 fully saturated rings. The topological polar surface area (TPSA) is 50.9 Å². The minimum atomic E-state index is -0.380. The molecular weight excluding hydrogens is 385 g/mol. The number of aliphatic hydroxyl groups excluding tert-OH is 1. The number of rotatable bonds is 4. The molecule has 2 aromatic carbocycles. The van der Waals surface area contributed by atoms with Gasteiger partial charge < -0.3 is 9.67 Å². The monoisotopic (exact) mass is 409 g/mol. The van der Waals surface area contributed by atoms with Crippen molar-refractivity contribution in [2.45, 2.75) is 42.9 Å². The molecule has 0 spiro atoms. The molecule has 29 heavy (non-hydrogen) atoms. The van der Waals surface area contributed by atoms with Gasteiger partial charge in [0.1, 0.15) is 17.5 Å². The molecule has 0 saturated heterocycles. The van der Waals surface area contributed by atoms with E-state index in [1.807, 2.05) is 42.5 Å². The van der Waals surface area contributed by atoms with E-state index >= 15 is 4.39 Å². The van der Waals surface area contributed by atoms with Crippen LogP contribution in [0.3, 0.4) is 0 Å². The Bertz CT molecular complexity index is 1050. The number of nitrogens with zero attached hydrogens (tertiary/aromatic N) is 3. The van der Waals surface area contributed by atoms with E-state index < -0.39 is 0 Å². The molecule has 1 unspecified atom stereocenters. The van der Waals surface area contributed by atoms with Crippen molar-refractivity contribution < 1.29 is 9.50 Å². The van der Waals surface area contributed by atoms with E-state index in [1.165, 1.54) is 0 Å². The molecule has 150 valence electrons. The van der Waals surface area contributed by atoms with Gasteiger partial charge in [0.05, 0.1) is 12.0 Å². The first-order valence-corrected chi connectivity index (χ1v) is 11.1. The number of hydrogen-bond acceptors (Lipinski definition) is 4. The first-order valence-electron chi connectivity index (χ1n) is 10.1. The smallest absolute Gasteiger partial charge is 0.143 e. The van der Waals surface area contributed by atoms with Crippen LogP contribution in [-0.4, -0.2) is 37.0 Å². The Kier molecular flexibility index (Phi) is 4.51. The van der Waals surface area contributed by atoms with Crippen molar-refractivity contribution >= 4 is 11.8 Å². The van der Waals surface area contributed by atoms with Crippen molar-refractivity contribution in [1.82, 2.24) is 14.8 Å². The third-order valence-corrected chi connectivity index (χ3v) is 7.59. The van der Waals surface area contributed by atoms with Gasteiger partial charge in [-0.25, -0.2) is 4.39 Å². The summed E-state index contributed by atoms with van der Waals surface area (Å²) in [7, 11) is 0. The quantitative estimate of drug-likeness (QED) is 0.702. The van der Waals surface area contributed by atoms with Gasteiger partial charge in [0.25, 0.3) is 0 Å². The summed E-state index contributed by atoms with van der Waals surface area (Å²) < 4.78 is 17.2. The molecule has 1 aromatic heterocycles. The molecule has 4 nitrogen and oxygen atoms in total. The summed E-state index contributed by atoms with van der Waals surface area (Å²) in [5.41, 5.74) is 2.24. The number of thioether (sulfide) groups is 1. The van der Waals surface area contributed by atoms with E-state index in [0.717, 1.165) is 47.9 Å². The highest BCUT2D eigenvalue weighted by Crippen LogP contribution is 2.54. The van der Waals surface area contributed by atoms with Gasteiger partial charge >= 0.3 is 0 Å². The lowest BCUT2D eigenvalue weighted by Crippen LogP contribution is -2.28. The van der Waals surface area contributed by atoms with Crippen LogP contribution in [0.15, 0.2) is 48.5 Å². The lowest BCUT2D eigenvalue weighted by Gasteiger charge is -2.23. The van der Waals surface area contributed by atoms with Gasteiger partial charge in [0, 0.05) is 29.0 Å². The molecule has 1 aliphatic heterocycles. The molecule has 0 amide bonds. The average molecular weight is 410 g/mol. The summed E-state index contributed by atoms with van der Waals surface area (Å²) in [6, 6.07) is 15.5. The largest absolute Gasteiger partial charge is 0.395 e. The maximum absolute atomic E-state index is 15.3. The molecule has 5 rings (SSSR count). The molecule has 6 heteroatoms. The van der Waals surface area contributed by atoms with Crippen LogP contribution in [-0.2, 0) is 18.4 Å². The predicted octanol–water partition coefficient (Wildman–Crippen LogP) is 4.20. The highest BCUT2D eigenvalue weighted by Gasteiger charge is 2.52. The summed E-state index contributed by atoms with van der Waals surface area (Å²) in [5, 5.41) is 18.8. The fourth-order valence-electron chi connectivity index (χ4n) is 4.38. The third-order valence-electron chi connectivity index (χ3n) is 6.23. The first-order chi connectivity index (χ1) is 14.0. The van der Waals surface area contributed by atoms with E-state index in [1.54, 1.807) is 17.8 Å². The van der Waals surface area contributed by atoms with E-state index in [4.69, 9.17) is 0 Å². The molecule has 1 aliphatic carbocycles. The number of halogens is 1. The van der Waals surface area contributed by atoms with E-state index in [2.05, 4.69) is 21.7 Å². The maximum atomic E-state index is 15.3. The zero-order valence-corrected chi connectivity index (χ0v) is 17.3. The van der Waals surface area contributed by atoms with Crippen molar-refractivity contribution in [3.8, 4) is 11.1 Å². The Labute approximate surface area is 174 Å². The Morgan fingerprint density at radius 3 is 2.59 bits per heavy atom. The maximum Gasteiger partial charge on any atom is 0.143 e. The van der Waals surface area contributed by atoms with Crippen LogP contribution in [0.5, 0.6) is 0 Å². The summed E-state index contributed by atoms with van der Waals surface area (Å²) in [6.07, 6.45) is 2.45. The summed E-state index contributed by atoms with van der Waals surface area (Å²) in [4.78, 5) is 0. The van der Waals surface area contributed by atoms with Crippen molar-refractivity contribution in [3.05, 3.63) is 71.6 Å². The van der Waals surface area contributed by atoms with Gasteiger partial charge in [0.2, 0.25) is 0 Å². The lowest BCUT2D eigenvalue weighted by molar-refractivity contribution is 0.254. The molecule has 3 aromatic rings. The molecule has 2 aliphatic rings. The first kappa shape index (κ1) is 18.8. The number of benzene rings is 2. The van der Waals surface area contributed by atoms with E-state index in [9.17, 15) is 5.11 Å². The minimum absolute atomic E-state index is 0.112. The van der Waals surface area contributed by atoms with Gasteiger partial charge in [-0.15, -0.1) is 10.2 Å². The van der Waals surface area contributed by atoms with Crippen molar-refractivity contribution in [2.24, 2.45) is 0 Å². The number of aliphatic hydroxyl groups is 1. The molecule has 0 radical (unpaired) electrons. The van der Waals surface area contributed by atoms with Crippen LogP contribution in [0.2, 0.25) is 0 Å². The minimum Gasteiger partial charge on any atom is -0.395 e. The second-order valence-corrected chi connectivity index (χ2v) is 10.1. The SMILES string of the molecule is CC1(CO)Cc2nnc(C3(c4ccc(-c5ccccc5)cc4F)CC3)n2CCS1. The fourth-order valence-corrected chi connectivity index (χ4v) is 5.47.